The lowest BCUT2D eigenvalue weighted by Crippen LogP contribution is -2.60. The summed E-state index contributed by atoms with van der Waals surface area (Å²) in [4.78, 5) is 13.6. The number of methoxy groups -OCH3 is 1. The molecule has 0 saturated carbocycles. The third kappa shape index (κ3) is 5.80. The van der Waals surface area contributed by atoms with E-state index in [1.165, 1.54) is 31.4 Å². The summed E-state index contributed by atoms with van der Waals surface area (Å²) in [6.45, 7) is -1.31. The average Bonchev–Trinajstić information content (AvgIpc) is 3.01. The van der Waals surface area contributed by atoms with E-state index in [1.807, 2.05) is 0 Å². The van der Waals surface area contributed by atoms with Gasteiger partial charge in [-0.15, -0.1) is 0 Å². The van der Waals surface area contributed by atoms with Gasteiger partial charge in [0.2, 0.25) is 18.0 Å². The van der Waals surface area contributed by atoms with E-state index < -0.39 is 85.8 Å². The molecule has 16 heteroatoms. The zero-order valence-electron chi connectivity index (χ0n) is 23.0. The normalized spacial score (nSPS) is 32.4. The first kappa shape index (κ1) is 31.9. The lowest BCUT2D eigenvalue weighted by molar-refractivity contribution is -0.277. The van der Waals surface area contributed by atoms with Crippen molar-refractivity contribution < 1.29 is 74.1 Å². The number of hydrogen-bond acceptors (Lipinski definition) is 16. The molecule has 10 unspecified atom stereocenters. The van der Waals surface area contributed by atoms with E-state index in [0.29, 0.717) is 0 Å². The number of benzene rings is 2. The third-order valence-electron chi connectivity index (χ3n) is 7.50. The van der Waals surface area contributed by atoms with Crippen LogP contribution in [0.25, 0.3) is 22.1 Å². The number of phenols is 1. The molecule has 44 heavy (non-hydrogen) atoms. The first-order chi connectivity index (χ1) is 21.0. The summed E-state index contributed by atoms with van der Waals surface area (Å²) in [5.74, 6) is -0.486. The van der Waals surface area contributed by atoms with Crippen molar-refractivity contribution in [2.45, 2.75) is 61.4 Å². The molecule has 2 saturated heterocycles. The zero-order chi connectivity index (χ0) is 31.9. The van der Waals surface area contributed by atoms with Crippen molar-refractivity contribution in [2.24, 2.45) is 0 Å². The SMILES string of the molecule is COc1cc(OC2OC(CO)C(O)C(O)C2O)cc2occ(-c3ccc(OC4OC(CO)C(O)C(O)C4O)cc3O)c(=O)c12. The summed E-state index contributed by atoms with van der Waals surface area (Å²) in [5.41, 5.74) is -0.666. The number of ether oxygens (including phenoxy) is 5. The number of phenolic OH excluding ortho intramolecular Hbond substituents is 1. The standard InChI is InChI=1S/C28H32O16/c1-39-15-5-11(42-28-26(38)24(36)22(34)18(8-30)44-28)6-16-19(15)20(32)13(9-40-16)12-3-2-10(4-14(12)31)41-27-25(37)23(35)21(33)17(7-29)43-27/h2-6,9,17-18,21-31,33-38H,7-8H2,1H3. The van der Waals surface area contributed by atoms with E-state index in [0.717, 1.165) is 12.3 Å². The molecule has 2 fully saturated rings. The molecule has 0 aliphatic carbocycles. The van der Waals surface area contributed by atoms with Gasteiger partial charge in [-0.25, -0.2) is 0 Å². The Bertz CT molecular complexity index is 1520. The molecule has 3 heterocycles. The number of aliphatic hydroxyl groups excluding tert-OH is 8. The van der Waals surface area contributed by atoms with Crippen LogP contribution in [-0.2, 0) is 9.47 Å². The van der Waals surface area contributed by atoms with E-state index in [-0.39, 0.29) is 39.3 Å². The van der Waals surface area contributed by atoms with Crippen LogP contribution in [0.2, 0.25) is 0 Å². The van der Waals surface area contributed by atoms with Crippen molar-refractivity contribution >= 4 is 11.0 Å². The summed E-state index contributed by atoms with van der Waals surface area (Å²) >= 11 is 0. The fraction of sp³-hybridized carbons (Fsp3) is 0.464. The maximum atomic E-state index is 13.6. The van der Waals surface area contributed by atoms with Crippen LogP contribution in [0.4, 0.5) is 0 Å². The predicted molar refractivity (Wildman–Crippen MR) is 145 cm³/mol. The summed E-state index contributed by atoms with van der Waals surface area (Å²) in [7, 11) is 1.28. The van der Waals surface area contributed by atoms with Crippen molar-refractivity contribution in [3.63, 3.8) is 0 Å². The van der Waals surface area contributed by atoms with Gasteiger partial charge in [0, 0.05) is 23.8 Å². The van der Waals surface area contributed by atoms with Gasteiger partial charge in [-0.2, -0.15) is 0 Å². The lowest BCUT2D eigenvalue weighted by Gasteiger charge is -2.39. The highest BCUT2D eigenvalue weighted by molar-refractivity contribution is 5.89. The quantitative estimate of drug-likeness (QED) is 0.126. The van der Waals surface area contributed by atoms with Gasteiger partial charge in [-0.05, 0) is 12.1 Å². The van der Waals surface area contributed by atoms with Gasteiger partial charge in [0.05, 0.1) is 25.9 Å². The highest BCUT2D eigenvalue weighted by Crippen LogP contribution is 2.36. The molecule has 240 valence electrons. The van der Waals surface area contributed by atoms with Crippen molar-refractivity contribution in [1.82, 2.24) is 0 Å². The van der Waals surface area contributed by atoms with E-state index in [4.69, 9.17) is 28.1 Å². The van der Waals surface area contributed by atoms with Crippen LogP contribution in [0.5, 0.6) is 23.0 Å². The Balaban J connectivity index is 1.41. The molecule has 0 bridgehead atoms. The molecule has 9 N–H and O–H groups in total. The van der Waals surface area contributed by atoms with Crippen LogP contribution in [0.1, 0.15) is 0 Å². The fourth-order valence-corrected chi connectivity index (χ4v) is 5.02. The van der Waals surface area contributed by atoms with Crippen molar-refractivity contribution in [3.8, 4) is 34.1 Å². The third-order valence-corrected chi connectivity index (χ3v) is 7.50. The topological polar surface area (TPSA) is 258 Å². The minimum atomic E-state index is -1.68. The van der Waals surface area contributed by atoms with Gasteiger partial charge in [-0.3, -0.25) is 4.79 Å². The molecule has 1 aromatic heterocycles. The Morgan fingerprint density at radius 2 is 1.30 bits per heavy atom. The summed E-state index contributed by atoms with van der Waals surface area (Å²) in [6.07, 6.45) is -14.2. The van der Waals surface area contributed by atoms with Crippen LogP contribution < -0.4 is 19.6 Å². The Kier molecular flexibility index (Phi) is 9.28. The molecular formula is C28H32O16. The van der Waals surface area contributed by atoms with Gasteiger partial charge in [-0.1, -0.05) is 0 Å². The van der Waals surface area contributed by atoms with Gasteiger partial charge < -0.3 is 74.1 Å². The number of fused-ring (bicyclic) bond motifs is 1. The van der Waals surface area contributed by atoms with Crippen LogP contribution >= 0.6 is 0 Å². The molecule has 2 aliphatic rings. The second kappa shape index (κ2) is 12.8. The minimum absolute atomic E-state index is 0.00729. The zero-order valence-corrected chi connectivity index (χ0v) is 23.0. The molecule has 0 spiro atoms. The second-order valence-corrected chi connectivity index (χ2v) is 10.3. The number of hydrogen-bond donors (Lipinski definition) is 9. The Hall–Kier alpha value is -3.55. The fourth-order valence-electron chi connectivity index (χ4n) is 5.02. The van der Waals surface area contributed by atoms with Crippen LogP contribution in [-0.4, -0.2) is 128 Å². The highest BCUT2D eigenvalue weighted by Gasteiger charge is 2.46. The lowest BCUT2D eigenvalue weighted by atomic mass is 9.99. The minimum Gasteiger partial charge on any atom is -0.507 e. The molecule has 5 rings (SSSR count). The van der Waals surface area contributed by atoms with Gasteiger partial charge in [0.1, 0.15) is 89.1 Å². The molecule has 2 aliphatic heterocycles. The number of aromatic hydroxyl groups is 1. The monoisotopic (exact) mass is 624 g/mol. The Labute approximate surface area is 248 Å². The van der Waals surface area contributed by atoms with Crippen molar-refractivity contribution in [3.05, 3.63) is 46.8 Å². The van der Waals surface area contributed by atoms with Crippen molar-refractivity contribution in [2.75, 3.05) is 20.3 Å². The van der Waals surface area contributed by atoms with Gasteiger partial charge >= 0.3 is 0 Å². The Morgan fingerprint density at radius 3 is 1.82 bits per heavy atom. The largest absolute Gasteiger partial charge is 0.507 e. The van der Waals surface area contributed by atoms with Crippen molar-refractivity contribution in [1.29, 1.82) is 0 Å². The van der Waals surface area contributed by atoms with Crippen LogP contribution in [0, 0.1) is 0 Å². The molecule has 2 aromatic carbocycles. The van der Waals surface area contributed by atoms with E-state index in [1.54, 1.807) is 0 Å². The number of rotatable bonds is 8. The molecule has 0 amide bonds. The average molecular weight is 625 g/mol. The van der Waals surface area contributed by atoms with E-state index in [9.17, 15) is 50.8 Å². The van der Waals surface area contributed by atoms with Gasteiger partial charge in [0.25, 0.3) is 0 Å². The molecule has 0 radical (unpaired) electrons. The summed E-state index contributed by atoms with van der Waals surface area (Å²) in [6, 6.07) is 6.38. The van der Waals surface area contributed by atoms with E-state index in [2.05, 4.69) is 0 Å². The maximum Gasteiger partial charge on any atom is 0.229 e. The summed E-state index contributed by atoms with van der Waals surface area (Å²) in [5, 5.41) is 89.9. The first-order valence-corrected chi connectivity index (χ1v) is 13.4. The smallest absolute Gasteiger partial charge is 0.229 e. The first-order valence-electron chi connectivity index (χ1n) is 13.4. The van der Waals surface area contributed by atoms with E-state index >= 15 is 0 Å². The molecule has 16 nitrogen and oxygen atoms in total. The molecule has 3 aromatic rings. The van der Waals surface area contributed by atoms with Gasteiger partial charge in [0.15, 0.2) is 0 Å². The second-order valence-electron chi connectivity index (χ2n) is 10.3. The maximum absolute atomic E-state index is 13.6. The highest BCUT2D eigenvalue weighted by atomic mass is 16.7. The molecular weight excluding hydrogens is 592 g/mol. The predicted octanol–water partition coefficient (Wildman–Crippen LogP) is -2.47. The summed E-state index contributed by atoms with van der Waals surface area (Å²) < 4.78 is 32.8. The Morgan fingerprint density at radius 1 is 0.727 bits per heavy atom. The molecule has 10 atom stereocenters. The van der Waals surface area contributed by atoms with Crippen LogP contribution in [0.15, 0.2) is 45.8 Å². The number of aliphatic hydroxyl groups is 8. The van der Waals surface area contributed by atoms with Crippen LogP contribution in [0.3, 0.4) is 0 Å².